The van der Waals surface area contributed by atoms with Crippen molar-refractivity contribution in [2.75, 3.05) is 5.75 Å². The van der Waals surface area contributed by atoms with E-state index in [9.17, 15) is 10.2 Å². The third-order valence-electron chi connectivity index (χ3n) is 2.60. The normalized spacial score (nSPS) is 14.2. The smallest absolute Gasteiger partial charge is 0.105 e. The maximum atomic E-state index is 9.93. The molecule has 0 aliphatic rings. The largest absolute Gasteiger partial charge is 0.390 e. The summed E-state index contributed by atoms with van der Waals surface area (Å²) in [5.74, 6) is 0.509. The van der Waals surface area contributed by atoms with Crippen LogP contribution >= 0.6 is 12.6 Å². The predicted molar refractivity (Wildman–Crippen MR) is 65.3 cm³/mol. The molecular weight excluding hydrogens is 222 g/mol. The molecule has 0 saturated heterocycles. The molecule has 0 aliphatic heterocycles. The van der Waals surface area contributed by atoms with Crippen LogP contribution in [0.1, 0.15) is 29.2 Å². The second-order valence-electron chi connectivity index (χ2n) is 3.66. The maximum absolute atomic E-state index is 9.93. The van der Waals surface area contributed by atoms with Gasteiger partial charge in [-0.25, -0.2) is 0 Å². The minimum Gasteiger partial charge on any atom is -0.390 e. The average molecular weight is 237 g/mol. The summed E-state index contributed by atoms with van der Waals surface area (Å²) in [5.41, 5.74) is 1.85. The molecule has 0 aromatic heterocycles. The molecule has 0 bridgehead atoms. The van der Waals surface area contributed by atoms with Crippen molar-refractivity contribution in [3.63, 3.8) is 0 Å². The van der Waals surface area contributed by atoms with Crippen molar-refractivity contribution in [1.29, 1.82) is 5.26 Å². The predicted octanol–water partition coefficient (Wildman–Crippen LogP) is 1.58. The second-order valence-corrected chi connectivity index (χ2v) is 4.10. The zero-order chi connectivity index (χ0) is 12.1. The molecule has 0 amide bonds. The SMILES string of the molecule is Cc1c(C#N)cccc1C(O)C(O)CCS. The Labute approximate surface area is 101 Å². The molecule has 1 aromatic carbocycles. The summed E-state index contributed by atoms with van der Waals surface area (Å²) in [7, 11) is 0. The first kappa shape index (κ1) is 13.0. The van der Waals surface area contributed by atoms with Gasteiger partial charge in [-0.05, 0) is 36.3 Å². The number of hydrogen-bond acceptors (Lipinski definition) is 4. The molecular formula is C12H15NO2S. The lowest BCUT2D eigenvalue weighted by atomic mass is 9.95. The van der Waals surface area contributed by atoms with Gasteiger partial charge in [0.1, 0.15) is 6.10 Å². The molecule has 2 unspecified atom stereocenters. The number of benzene rings is 1. The minimum atomic E-state index is -0.958. The number of aliphatic hydroxyl groups excluding tert-OH is 2. The first-order chi connectivity index (χ1) is 7.61. The highest BCUT2D eigenvalue weighted by molar-refractivity contribution is 7.80. The molecule has 2 atom stereocenters. The van der Waals surface area contributed by atoms with Crippen molar-refractivity contribution >= 4 is 12.6 Å². The molecule has 2 N–H and O–H groups in total. The van der Waals surface area contributed by atoms with Crippen LogP contribution in [-0.4, -0.2) is 22.1 Å². The van der Waals surface area contributed by atoms with E-state index in [2.05, 4.69) is 18.7 Å². The van der Waals surface area contributed by atoms with Crippen LogP contribution in [0.2, 0.25) is 0 Å². The standard InChI is InChI=1S/C12H15NO2S/c1-8-9(7-13)3-2-4-10(8)12(15)11(14)5-6-16/h2-4,11-12,14-16H,5-6H2,1H3. The molecule has 0 radical (unpaired) electrons. The average Bonchev–Trinajstić information content (AvgIpc) is 2.29. The van der Waals surface area contributed by atoms with E-state index in [0.29, 0.717) is 23.3 Å². The van der Waals surface area contributed by atoms with Gasteiger partial charge < -0.3 is 10.2 Å². The first-order valence-corrected chi connectivity index (χ1v) is 5.71. The summed E-state index contributed by atoms with van der Waals surface area (Å²) >= 11 is 4.01. The Morgan fingerprint density at radius 1 is 1.44 bits per heavy atom. The Hall–Kier alpha value is -1.02. The topological polar surface area (TPSA) is 64.2 Å². The quantitative estimate of drug-likeness (QED) is 0.697. The summed E-state index contributed by atoms with van der Waals surface area (Å²) in [4.78, 5) is 0. The minimum absolute atomic E-state index is 0.417. The van der Waals surface area contributed by atoms with Crippen molar-refractivity contribution < 1.29 is 10.2 Å². The molecule has 0 saturated carbocycles. The van der Waals surface area contributed by atoms with Gasteiger partial charge in [-0.3, -0.25) is 0 Å². The summed E-state index contributed by atoms with van der Waals surface area (Å²) < 4.78 is 0. The Kier molecular flexibility index (Phi) is 4.81. The van der Waals surface area contributed by atoms with Crippen LogP contribution in [0.15, 0.2) is 18.2 Å². The summed E-state index contributed by atoms with van der Waals surface area (Å²) in [6.07, 6.45) is -1.38. The molecule has 1 rings (SSSR count). The fourth-order valence-electron chi connectivity index (χ4n) is 1.59. The van der Waals surface area contributed by atoms with Crippen molar-refractivity contribution in [2.24, 2.45) is 0 Å². The summed E-state index contributed by atoms with van der Waals surface area (Å²) in [6, 6.07) is 7.18. The van der Waals surface area contributed by atoms with Gasteiger partial charge in [0.05, 0.1) is 17.7 Å². The van der Waals surface area contributed by atoms with Gasteiger partial charge in [-0.2, -0.15) is 17.9 Å². The van der Waals surface area contributed by atoms with Crippen LogP contribution in [-0.2, 0) is 0 Å². The summed E-state index contributed by atoms with van der Waals surface area (Å²) in [5, 5.41) is 28.5. The Morgan fingerprint density at radius 3 is 2.69 bits per heavy atom. The fourth-order valence-corrected chi connectivity index (χ4v) is 1.86. The van der Waals surface area contributed by atoms with E-state index in [1.54, 1.807) is 25.1 Å². The van der Waals surface area contributed by atoms with Crippen molar-refractivity contribution in [1.82, 2.24) is 0 Å². The Morgan fingerprint density at radius 2 is 2.12 bits per heavy atom. The zero-order valence-corrected chi connectivity index (χ0v) is 9.98. The van der Waals surface area contributed by atoms with Crippen LogP contribution < -0.4 is 0 Å². The van der Waals surface area contributed by atoms with Gasteiger partial charge in [-0.1, -0.05) is 12.1 Å². The number of nitrogens with zero attached hydrogens (tertiary/aromatic N) is 1. The van der Waals surface area contributed by atoms with E-state index in [4.69, 9.17) is 5.26 Å². The van der Waals surface area contributed by atoms with Crippen LogP contribution in [0.5, 0.6) is 0 Å². The van der Waals surface area contributed by atoms with E-state index in [-0.39, 0.29) is 0 Å². The van der Waals surface area contributed by atoms with E-state index >= 15 is 0 Å². The lowest BCUT2D eigenvalue weighted by Gasteiger charge is -2.19. The fraction of sp³-hybridized carbons (Fsp3) is 0.417. The highest BCUT2D eigenvalue weighted by Crippen LogP contribution is 2.24. The molecule has 1 aromatic rings. The molecule has 16 heavy (non-hydrogen) atoms. The summed E-state index contributed by atoms with van der Waals surface area (Å²) in [6.45, 7) is 1.77. The van der Waals surface area contributed by atoms with Crippen LogP contribution in [0, 0.1) is 18.3 Å². The Balaban J connectivity index is 3.00. The van der Waals surface area contributed by atoms with Crippen LogP contribution in [0.4, 0.5) is 0 Å². The maximum Gasteiger partial charge on any atom is 0.105 e. The van der Waals surface area contributed by atoms with Crippen molar-refractivity contribution in [2.45, 2.75) is 25.6 Å². The van der Waals surface area contributed by atoms with Crippen molar-refractivity contribution in [3.05, 3.63) is 34.9 Å². The molecule has 0 spiro atoms. The van der Waals surface area contributed by atoms with Gasteiger partial charge in [0.25, 0.3) is 0 Å². The molecule has 4 heteroatoms. The van der Waals surface area contributed by atoms with Crippen molar-refractivity contribution in [3.8, 4) is 6.07 Å². The monoisotopic (exact) mass is 237 g/mol. The van der Waals surface area contributed by atoms with E-state index < -0.39 is 12.2 Å². The van der Waals surface area contributed by atoms with Gasteiger partial charge >= 0.3 is 0 Å². The first-order valence-electron chi connectivity index (χ1n) is 5.08. The molecule has 0 heterocycles. The molecule has 0 aliphatic carbocycles. The lowest BCUT2D eigenvalue weighted by molar-refractivity contribution is 0.0168. The number of aliphatic hydroxyl groups is 2. The van der Waals surface area contributed by atoms with Crippen LogP contribution in [0.3, 0.4) is 0 Å². The van der Waals surface area contributed by atoms with Crippen LogP contribution in [0.25, 0.3) is 0 Å². The molecule has 86 valence electrons. The van der Waals surface area contributed by atoms with Gasteiger partial charge in [0.15, 0.2) is 0 Å². The molecule has 3 nitrogen and oxygen atoms in total. The third kappa shape index (κ3) is 2.76. The number of hydrogen-bond donors (Lipinski definition) is 3. The molecule has 0 fully saturated rings. The highest BCUT2D eigenvalue weighted by Gasteiger charge is 2.20. The van der Waals surface area contributed by atoms with E-state index in [1.165, 1.54) is 0 Å². The zero-order valence-electron chi connectivity index (χ0n) is 9.09. The van der Waals surface area contributed by atoms with Gasteiger partial charge in [0.2, 0.25) is 0 Å². The highest BCUT2D eigenvalue weighted by atomic mass is 32.1. The number of nitriles is 1. The number of rotatable bonds is 4. The second kappa shape index (κ2) is 5.90. The third-order valence-corrected chi connectivity index (χ3v) is 2.86. The van der Waals surface area contributed by atoms with E-state index in [0.717, 1.165) is 5.56 Å². The number of thiol groups is 1. The van der Waals surface area contributed by atoms with Gasteiger partial charge in [-0.15, -0.1) is 0 Å². The van der Waals surface area contributed by atoms with E-state index in [1.807, 2.05) is 0 Å². The Bertz CT molecular complexity index is 400. The lowest BCUT2D eigenvalue weighted by Crippen LogP contribution is -2.19. The van der Waals surface area contributed by atoms with Gasteiger partial charge in [0, 0.05) is 0 Å².